The minimum atomic E-state index is -0.582. The van der Waals surface area contributed by atoms with Crippen LogP contribution in [0, 0.1) is 16.7 Å². The maximum Gasteiger partial charge on any atom is 0.244 e. The number of hydrogen-bond donors (Lipinski definition) is 1. The number of carbonyl (C=O) groups excluding carboxylic acids is 3. The molecule has 5 heteroatoms. The molecule has 140 valence electrons. The third-order valence-corrected chi connectivity index (χ3v) is 6.67. The lowest BCUT2D eigenvalue weighted by molar-refractivity contribution is -0.168. The average molecular weight is 356 g/mol. The standard InChI is InChI=1S/C21H28N2O3/c1-13(2)14-8-6-7-9-16(14)22-17(24)12-23-18(25)15-10-11-21(5,19(23)26)20(15,3)4/h6-9,13,15H,10-12H2,1-5H3,(H,22,24). The summed E-state index contributed by atoms with van der Waals surface area (Å²) in [4.78, 5) is 39.6. The van der Waals surface area contributed by atoms with Gasteiger partial charge < -0.3 is 5.32 Å². The number of rotatable bonds is 4. The number of nitrogens with zero attached hydrogens (tertiary/aromatic N) is 1. The van der Waals surface area contributed by atoms with Crippen molar-refractivity contribution in [3.05, 3.63) is 29.8 Å². The summed E-state index contributed by atoms with van der Waals surface area (Å²) in [5.74, 6) is -0.681. The summed E-state index contributed by atoms with van der Waals surface area (Å²) in [6, 6.07) is 7.62. The van der Waals surface area contributed by atoms with Gasteiger partial charge in [-0.1, -0.05) is 52.8 Å². The van der Waals surface area contributed by atoms with E-state index in [-0.39, 0.29) is 41.5 Å². The number of anilines is 1. The Kier molecular flexibility index (Phi) is 4.45. The summed E-state index contributed by atoms with van der Waals surface area (Å²) in [5, 5.41) is 2.88. The van der Waals surface area contributed by atoms with E-state index in [0.29, 0.717) is 12.8 Å². The highest BCUT2D eigenvalue weighted by atomic mass is 16.2. The molecule has 2 atom stereocenters. The molecule has 1 aromatic carbocycles. The van der Waals surface area contributed by atoms with Crippen molar-refractivity contribution < 1.29 is 14.4 Å². The van der Waals surface area contributed by atoms with Crippen molar-refractivity contribution in [3.63, 3.8) is 0 Å². The third kappa shape index (κ3) is 2.65. The van der Waals surface area contributed by atoms with Crippen LogP contribution in [0.25, 0.3) is 0 Å². The maximum atomic E-state index is 13.0. The minimum Gasteiger partial charge on any atom is -0.324 e. The summed E-state index contributed by atoms with van der Waals surface area (Å²) < 4.78 is 0. The van der Waals surface area contributed by atoms with Crippen LogP contribution in [0.5, 0.6) is 0 Å². The van der Waals surface area contributed by atoms with Crippen LogP contribution in [0.3, 0.4) is 0 Å². The average Bonchev–Trinajstić information content (AvgIpc) is 2.76. The van der Waals surface area contributed by atoms with E-state index < -0.39 is 5.41 Å². The van der Waals surface area contributed by atoms with E-state index in [1.807, 2.05) is 45.0 Å². The second-order valence-electron chi connectivity index (χ2n) is 8.66. The van der Waals surface area contributed by atoms with Crippen molar-refractivity contribution >= 4 is 23.4 Å². The highest BCUT2D eigenvalue weighted by Crippen LogP contribution is 2.59. The summed E-state index contributed by atoms with van der Waals surface area (Å²) in [6.45, 7) is 9.83. The Bertz CT molecular complexity index is 768. The van der Waals surface area contributed by atoms with E-state index in [2.05, 4.69) is 19.2 Å². The summed E-state index contributed by atoms with van der Waals surface area (Å²) >= 11 is 0. The van der Waals surface area contributed by atoms with E-state index in [1.54, 1.807) is 0 Å². The molecular weight excluding hydrogens is 328 g/mol. The fourth-order valence-electron chi connectivity index (χ4n) is 4.50. The van der Waals surface area contributed by atoms with E-state index in [4.69, 9.17) is 0 Å². The second kappa shape index (κ2) is 6.22. The first-order chi connectivity index (χ1) is 12.1. The normalized spacial score (nSPS) is 27.2. The molecule has 2 bridgehead atoms. The number of nitrogens with one attached hydrogen (secondary N) is 1. The number of amides is 3. The van der Waals surface area contributed by atoms with Gasteiger partial charge in [-0.25, -0.2) is 0 Å². The molecule has 1 N–H and O–H groups in total. The molecule has 1 aliphatic carbocycles. The van der Waals surface area contributed by atoms with Crippen molar-refractivity contribution in [2.24, 2.45) is 16.7 Å². The SMILES string of the molecule is CC(C)c1ccccc1NC(=O)CN1C(=O)C2CCC(C)(C1=O)C2(C)C. The molecule has 1 aliphatic heterocycles. The summed E-state index contributed by atoms with van der Waals surface area (Å²) in [7, 11) is 0. The Morgan fingerprint density at radius 2 is 1.88 bits per heavy atom. The lowest BCUT2D eigenvalue weighted by Crippen LogP contribution is -2.60. The first-order valence-electron chi connectivity index (χ1n) is 9.34. The van der Waals surface area contributed by atoms with Gasteiger partial charge in [0, 0.05) is 11.6 Å². The number of fused-ring (bicyclic) bond motifs is 2. The number of para-hydroxylation sites is 1. The van der Waals surface area contributed by atoms with E-state index in [9.17, 15) is 14.4 Å². The maximum absolute atomic E-state index is 13.0. The van der Waals surface area contributed by atoms with Crippen LogP contribution in [-0.4, -0.2) is 29.2 Å². The third-order valence-electron chi connectivity index (χ3n) is 6.67. The van der Waals surface area contributed by atoms with Crippen LogP contribution in [-0.2, 0) is 14.4 Å². The number of hydrogen-bond acceptors (Lipinski definition) is 3. The molecule has 3 rings (SSSR count). The predicted octanol–water partition coefficient (Wildman–Crippen LogP) is 3.56. The van der Waals surface area contributed by atoms with Gasteiger partial charge >= 0.3 is 0 Å². The topological polar surface area (TPSA) is 66.5 Å². The molecule has 1 aromatic rings. The molecule has 1 heterocycles. The second-order valence-corrected chi connectivity index (χ2v) is 8.66. The minimum absolute atomic E-state index is 0.194. The fraction of sp³-hybridized carbons (Fsp3) is 0.571. The van der Waals surface area contributed by atoms with Gasteiger partial charge in [-0.2, -0.15) is 0 Å². The van der Waals surface area contributed by atoms with Crippen LogP contribution in [0.15, 0.2) is 24.3 Å². The van der Waals surface area contributed by atoms with Crippen molar-refractivity contribution in [1.29, 1.82) is 0 Å². The molecule has 2 unspecified atom stereocenters. The van der Waals surface area contributed by atoms with Crippen LogP contribution in [0.4, 0.5) is 5.69 Å². The molecule has 5 nitrogen and oxygen atoms in total. The molecule has 2 aliphatic rings. The van der Waals surface area contributed by atoms with Gasteiger partial charge in [0.2, 0.25) is 17.7 Å². The molecule has 2 fully saturated rings. The first-order valence-corrected chi connectivity index (χ1v) is 9.34. The van der Waals surface area contributed by atoms with Gasteiger partial charge in [-0.3, -0.25) is 19.3 Å². The first kappa shape index (κ1) is 18.6. The smallest absolute Gasteiger partial charge is 0.244 e. The molecule has 1 saturated heterocycles. The van der Waals surface area contributed by atoms with Gasteiger partial charge in [0.05, 0.1) is 5.41 Å². The zero-order valence-corrected chi connectivity index (χ0v) is 16.3. The van der Waals surface area contributed by atoms with Crippen LogP contribution in [0.1, 0.15) is 58.9 Å². The van der Waals surface area contributed by atoms with Crippen LogP contribution in [0.2, 0.25) is 0 Å². The molecule has 0 aromatic heterocycles. The zero-order chi connectivity index (χ0) is 19.3. The molecule has 1 saturated carbocycles. The number of piperidine rings is 1. The van der Waals surface area contributed by atoms with Crippen LogP contribution < -0.4 is 5.32 Å². The molecular formula is C21H28N2O3. The lowest BCUT2D eigenvalue weighted by Gasteiger charge is -2.47. The lowest BCUT2D eigenvalue weighted by atomic mass is 9.62. The molecule has 0 spiro atoms. The zero-order valence-electron chi connectivity index (χ0n) is 16.3. The van der Waals surface area contributed by atoms with Gasteiger partial charge in [0.15, 0.2) is 0 Å². The van der Waals surface area contributed by atoms with Crippen LogP contribution >= 0.6 is 0 Å². The highest BCUT2D eigenvalue weighted by molar-refractivity contribution is 6.07. The number of imide groups is 1. The Balaban J connectivity index is 1.79. The number of benzene rings is 1. The fourth-order valence-corrected chi connectivity index (χ4v) is 4.50. The Labute approximate surface area is 155 Å². The molecule has 0 radical (unpaired) electrons. The molecule has 3 amide bonds. The largest absolute Gasteiger partial charge is 0.324 e. The van der Waals surface area contributed by atoms with Gasteiger partial charge in [-0.05, 0) is 35.8 Å². The van der Waals surface area contributed by atoms with E-state index in [0.717, 1.165) is 11.3 Å². The number of likely N-dealkylation sites (tertiary alicyclic amines) is 1. The highest BCUT2D eigenvalue weighted by Gasteiger charge is 2.64. The van der Waals surface area contributed by atoms with Gasteiger partial charge in [-0.15, -0.1) is 0 Å². The monoisotopic (exact) mass is 356 g/mol. The number of carbonyl (C=O) groups is 3. The summed E-state index contributed by atoms with van der Waals surface area (Å²) in [5.41, 5.74) is 0.823. The predicted molar refractivity (Wildman–Crippen MR) is 100 cm³/mol. The van der Waals surface area contributed by atoms with Gasteiger partial charge in [0.1, 0.15) is 6.54 Å². The van der Waals surface area contributed by atoms with Gasteiger partial charge in [0.25, 0.3) is 0 Å². The van der Waals surface area contributed by atoms with Crippen molar-refractivity contribution in [2.45, 2.75) is 53.4 Å². The van der Waals surface area contributed by atoms with E-state index >= 15 is 0 Å². The van der Waals surface area contributed by atoms with E-state index in [1.165, 1.54) is 4.90 Å². The summed E-state index contributed by atoms with van der Waals surface area (Å²) in [6.07, 6.45) is 1.41. The Hall–Kier alpha value is -2.17. The Morgan fingerprint density at radius 3 is 2.54 bits per heavy atom. The Morgan fingerprint density at radius 1 is 1.23 bits per heavy atom. The quantitative estimate of drug-likeness (QED) is 0.839. The van der Waals surface area contributed by atoms with Crippen molar-refractivity contribution in [1.82, 2.24) is 4.90 Å². The van der Waals surface area contributed by atoms with Crippen molar-refractivity contribution in [2.75, 3.05) is 11.9 Å². The van der Waals surface area contributed by atoms with Crippen molar-refractivity contribution in [3.8, 4) is 0 Å². The molecule has 26 heavy (non-hydrogen) atoms.